The Kier molecular flexibility index (Phi) is 3.42. The van der Waals surface area contributed by atoms with Gasteiger partial charge < -0.3 is 9.73 Å². The maximum absolute atomic E-state index is 12.2. The van der Waals surface area contributed by atoms with Gasteiger partial charge in [-0.25, -0.2) is 0 Å². The van der Waals surface area contributed by atoms with Crippen molar-refractivity contribution in [1.82, 2.24) is 5.32 Å². The number of benzene rings is 1. The monoisotopic (exact) mass is 319 g/mol. The first kappa shape index (κ1) is 12.5. The largest absolute Gasteiger partial charge is 0.457 e. The molecule has 1 amide bonds. The molecule has 19 heavy (non-hydrogen) atoms. The van der Waals surface area contributed by atoms with Crippen LogP contribution in [0.15, 0.2) is 45.7 Å². The zero-order valence-electron chi connectivity index (χ0n) is 10.4. The number of aryl methyl sites for hydroxylation is 1. The molecule has 3 rings (SSSR count). The van der Waals surface area contributed by atoms with Crippen LogP contribution in [0.4, 0.5) is 0 Å². The molecule has 98 valence electrons. The fourth-order valence-electron chi connectivity index (χ4n) is 2.60. The van der Waals surface area contributed by atoms with Gasteiger partial charge in [0.15, 0.2) is 4.67 Å². The van der Waals surface area contributed by atoms with E-state index >= 15 is 0 Å². The van der Waals surface area contributed by atoms with Gasteiger partial charge in [0.1, 0.15) is 0 Å². The molecular formula is C15H14BrNO2. The van der Waals surface area contributed by atoms with Gasteiger partial charge in [-0.05, 0) is 52.4 Å². The number of carbonyl (C=O) groups excluding carboxylic acids is 1. The van der Waals surface area contributed by atoms with Crippen LogP contribution in [0.2, 0.25) is 0 Å². The van der Waals surface area contributed by atoms with Crippen LogP contribution in [0.25, 0.3) is 0 Å². The Labute approximate surface area is 120 Å². The van der Waals surface area contributed by atoms with Gasteiger partial charge in [-0.2, -0.15) is 0 Å². The molecule has 1 atom stereocenters. The second-order valence-electron chi connectivity index (χ2n) is 4.73. The van der Waals surface area contributed by atoms with Crippen LogP contribution in [0, 0.1) is 0 Å². The molecule has 0 aliphatic heterocycles. The third-order valence-electron chi connectivity index (χ3n) is 3.54. The van der Waals surface area contributed by atoms with Gasteiger partial charge in [-0.3, -0.25) is 4.79 Å². The summed E-state index contributed by atoms with van der Waals surface area (Å²) in [5.74, 6) is -0.0951. The maximum atomic E-state index is 12.2. The number of furan rings is 1. The summed E-state index contributed by atoms with van der Waals surface area (Å²) in [6.07, 6.45) is 4.69. The predicted octanol–water partition coefficient (Wildman–Crippen LogP) is 3.85. The minimum absolute atomic E-state index is 0.0951. The zero-order valence-corrected chi connectivity index (χ0v) is 11.9. The van der Waals surface area contributed by atoms with Gasteiger partial charge in [0.25, 0.3) is 5.91 Å². The van der Waals surface area contributed by atoms with Gasteiger partial charge in [0.05, 0.1) is 17.9 Å². The Morgan fingerprint density at radius 1 is 1.32 bits per heavy atom. The number of amides is 1. The van der Waals surface area contributed by atoms with E-state index in [4.69, 9.17) is 4.42 Å². The van der Waals surface area contributed by atoms with Crippen LogP contribution in [-0.2, 0) is 6.42 Å². The molecule has 4 heteroatoms. The van der Waals surface area contributed by atoms with Crippen LogP contribution in [0.5, 0.6) is 0 Å². The minimum Gasteiger partial charge on any atom is -0.457 e. The molecule has 1 unspecified atom stereocenters. The number of hydrogen-bond donors (Lipinski definition) is 1. The fraction of sp³-hybridized carbons (Fsp3) is 0.267. The molecular weight excluding hydrogens is 306 g/mol. The van der Waals surface area contributed by atoms with Crippen molar-refractivity contribution in [2.24, 2.45) is 0 Å². The Balaban J connectivity index is 1.82. The second-order valence-corrected chi connectivity index (χ2v) is 5.45. The van der Waals surface area contributed by atoms with Crippen molar-refractivity contribution < 1.29 is 9.21 Å². The number of fused-ring (bicyclic) bond motifs is 1. The van der Waals surface area contributed by atoms with Crippen molar-refractivity contribution in [3.05, 3.63) is 58.0 Å². The first-order valence-electron chi connectivity index (χ1n) is 6.37. The predicted molar refractivity (Wildman–Crippen MR) is 76.0 cm³/mol. The maximum Gasteiger partial charge on any atom is 0.256 e. The van der Waals surface area contributed by atoms with Gasteiger partial charge in [0, 0.05) is 0 Å². The van der Waals surface area contributed by atoms with Gasteiger partial charge in [-0.15, -0.1) is 0 Å². The molecule has 0 radical (unpaired) electrons. The van der Waals surface area contributed by atoms with E-state index in [1.807, 2.05) is 6.07 Å². The van der Waals surface area contributed by atoms with Crippen LogP contribution in [0.3, 0.4) is 0 Å². The smallest absolute Gasteiger partial charge is 0.256 e. The topological polar surface area (TPSA) is 42.2 Å². The molecule has 0 saturated carbocycles. The molecule has 3 nitrogen and oxygen atoms in total. The highest BCUT2D eigenvalue weighted by molar-refractivity contribution is 9.10. The summed E-state index contributed by atoms with van der Waals surface area (Å²) >= 11 is 3.24. The highest BCUT2D eigenvalue weighted by atomic mass is 79.9. The van der Waals surface area contributed by atoms with Crippen LogP contribution >= 0.6 is 15.9 Å². The highest BCUT2D eigenvalue weighted by Crippen LogP contribution is 2.30. The number of nitrogens with one attached hydrogen (secondary N) is 1. The minimum atomic E-state index is -0.0951. The van der Waals surface area contributed by atoms with E-state index in [1.165, 1.54) is 17.4 Å². The second kappa shape index (κ2) is 5.21. The molecule has 0 spiro atoms. The zero-order chi connectivity index (χ0) is 13.2. The summed E-state index contributed by atoms with van der Waals surface area (Å²) in [4.78, 5) is 12.2. The lowest BCUT2D eigenvalue weighted by molar-refractivity contribution is 0.0931. The third-order valence-corrected chi connectivity index (χ3v) is 4.15. The van der Waals surface area contributed by atoms with E-state index < -0.39 is 0 Å². The molecule has 0 saturated heterocycles. The van der Waals surface area contributed by atoms with Crippen LogP contribution in [-0.4, -0.2) is 5.91 Å². The summed E-state index contributed by atoms with van der Waals surface area (Å²) in [6, 6.07) is 10.1. The lowest BCUT2D eigenvalue weighted by atomic mass is 9.87. The quantitative estimate of drug-likeness (QED) is 0.913. The number of rotatable bonds is 2. The number of halogens is 1. The van der Waals surface area contributed by atoms with Crippen molar-refractivity contribution in [2.75, 3.05) is 0 Å². The fourth-order valence-corrected chi connectivity index (χ4v) is 3.02. The average molecular weight is 320 g/mol. The standard InChI is InChI=1S/C15H14BrNO2/c16-14-12(8-9-19-14)15(18)17-13-7-3-5-10-4-1-2-6-11(10)13/h1-2,4,6,8-9,13H,3,5,7H2,(H,17,18). The van der Waals surface area contributed by atoms with E-state index in [9.17, 15) is 4.79 Å². The highest BCUT2D eigenvalue weighted by Gasteiger charge is 2.23. The normalized spacial score (nSPS) is 17.8. The first-order chi connectivity index (χ1) is 9.25. The summed E-state index contributed by atoms with van der Waals surface area (Å²) in [6.45, 7) is 0. The molecule has 1 aliphatic carbocycles. The van der Waals surface area contributed by atoms with E-state index in [0.29, 0.717) is 10.2 Å². The van der Waals surface area contributed by atoms with Gasteiger partial charge in [-0.1, -0.05) is 24.3 Å². The number of carbonyl (C=O) groups is 1. The Morgan fingerprint density at radius 2 is 2.16 bits per heavy atom. The Bertz CT molecular complexity index is 606. The molecule has 0 bridgehead atoms. The van der Waals surface area contributed by atoms with E-state index in [0.717, 1.165) is 19.3 Å². The molecule has 1 N–H and O–H groups in total. The van der Waals surface area contributed by atoms with Crippen molar-refractivity contribution in [3.8, 4) is 0 Å². The van der Waals surface area contributed by atoms with Gasteiger partial charge >= 0.3 is 0 Å². The first-order valence-corrected chi connectivity index (χ1v) is 7.16. The van der Waals surface area contributed by atoms with Crippen molar-refractivity contribution in [2.45, 2.75) is 25.3 Å². The summed E-state index contributed by atoms with van der Waals surface area (Å²) < 4.78 is 5.58. The van der Waals surface area contributed by atoms with E-state index in [2.05, 4.69) is 39.4 Å². The van der Waals surface area contributed by atoms with E-state index in [-0.39, 0.29) is 11.9 Å². The molecule has 0 fully saturated rings. The van der Waals surface area contributed by atoms with Crippen molar-refractivity contribution in [1.29, 1.82) is 0 Å². The number of hydrogen-bond acceptors (Lipinski definition) is 2. The SMILES string of the molecule is O=C(NC1CCCc2ccccc21)c1ccoc1Br. The molecule has 1 heterocycles. The van der Waals surface area contributed by atoms with Crippen LogP contribution in [0.1, 0.15) is 40.4 Å². The van der Waals surface area contributed by atoms with Gasteiger partial charge in [0.2, 0.25) is 0 Å². The molecule has 1 aromatic heterocycles. The molecule has 1 aliphatic rings. The van der Waals surface area contributed by atoms with Crippen molar-refractivity contribution >= 4 is 21.8 Å². The Hall–Kier alpha value is -1.55. The average Bonchev–Trinajstić information content (AvgIpc) is 2.85. The molecule has 2 aromatic rings. The lowest BCUT2D eigenvalue weighted by Crippen LogP contribution is -2.30. The van der Waals surface area contributed by atoms with E-state index in [1.54, 1.807) is 6.07 Å². The Morgan fingerprint density at radius 3 is 2.95 bits per heavy atom. The molecule has 1 aromatic carbocycles. The summed E-state index contributed by atoms with van der Waals surface area (Å²) in [5.41, 5.74) is 3.12. The van der Waals surface area contributed by atoms with Crippen molar-refractivity contribution in [3.63, 3.8) is 0 Å². The lowest BCUT2D eigenvalue weighted by Gasteiger charge is -2.26. The van der Waals surface area contributed by atoms with Crippen LogP contribution < -0.4 is 5.32 Å². The summed E-state index contributed by atoms with van der Waals surface area (Å²) in [7, 11) is 0. The third kappa shape index (κ3) is 2.45. The summed E-state index contributed by atoms with van der Waals surface area (Å²) in [5, 5.41) is 3.09.